The first-order valence-corrected chi connectivity index (χ1v) is 9.98. The van der Waals surface area contributed by atoms with Gasteiger partial charge in [-0.15, -0.1) is 34.2 Å². The number of rotatable bonds is 7. The SMILES string of the molecule is CCCN=C(NCCn1cnnc1CC)NC1CCS(=O)(=O)C1.I. The van der Waals surface area contributed by atoms with Crippen LogP contribution in [-0.4, -0.2) is 59.8 Å². The molecular formula is C14H27IN6O2S. The molecule has 1 aromatic heterocycles. The van der Waals surface area contributed by atoms with Gasteiger partial charge in [-0.2, -0.15) is 0 Å². The molecule has 1 aliphatic rings. The van der Waals surface area contributed by atoms with Crippen LogP contribution in [0.3, 0.4) is 0 Å². The number of nitrogens with one attached hydrogen (secondary N) is 2. The van der Waals surface area contributed by atoms with Gasteiger partial charge in [-0.3, -0.25) is 4.99 Å². The first kappa shape index (κ1) is 21.1. The summed E-state index contributed by atoms with van der Waals surface area (Å²) in [5.74, 6) is 2.08. The van der Waals surface area contributed by atoms with E-state index in [0.717, 1.165) is 25.2 Å². The lowest BCUT2D eigenvalue weighted by atomic mass is 10.3. The summed E-state index contributed by atoms with van der Waals surface area (Å²) in [4.78, 5) is 4.47. The molecule has 0 radical (unpaired) electrons. The molecule has 1 aromatic rings. The van der Waals surface area contributed by atoms with Crippen LogP contribution in [0.25, 0.3) is 0 Å². The Hall–Kier alpha value is -0.910. The zero-order valence-corrected chi connectivity index (χ0v) is 17.4. The molecule has 1 unspecified atom stereocenters. The lowest BCUT2D eigenvalue weighted by molar-refractivity contribution is 0.597. The standard InChI is InChI=1S/C14H26N6O2S.HI/c1-3-6-15-14(18-12-5-9-23(21,22)10-12)16-7-8-20-11-17-19-13(20)4-2;/h11-12H,3-10H2,1-2H3,(H2,15,16,18);1H. The monoisotopic (exact) mass is 470 g/mol. The van der Waals surface area contributed by atoms with Gasteiger partial charge < -0.3 is 15.2 Å². The number of halogens is 1. The van der Waals surface area contributed by atoms with E-state index in [9.17, 15) is 8.42 Å². The molecule has 1 aliphatic heterocycles. The van der Waals surface area contributed by atoms with Crippen molar-refractivity contribution in [2.24, 2.45) is 4.99 Å². The number of aliphatic imine (C=N–C) groups is 1. The van der Waals surface area contributed by atoms with Crippen LogP contribution in [0.1, 0.15) is 32.5 Å². The lowest BCUT2D eigenvalue weighted by Crippen LogP contribution is -2.45. The molecule has 0 aromatic carbocycles. The third-order valence-corrected chi connectivity index (χ3v) is 5.49. The van der Waals surface area contributed by atoms with Crippen LogP contribution in [0.4, 0.5) is 0 Å². The lowest BCUT2D eigenvalue weighted by Gasteiger charge is -2.17. The Kier molecular flexibility index (Phi) is 8.95. The number of sulfone groups is 1. The summed E-state index contributed by atoms with van der Waals surface area (Å²) in [5.41, 5.74) is 0. The highest BCUT2D eigenvalue weighted by Crippen LogP contribution is 2.10. The molecule has 138 valence electrons. The molecule has 0 aliphatic carbocycles. The van der Waals surface area contributed by atoms with Crippen molar-refractivity contribution in [1.29, 1.82) is 0 Å². The zero-order chi connectivity index (χ0) is 16.7. The van der Waals surface area contributed by atoms with Gasteiger partial charge in [0.1, 0.15) is 12.2 Å². The third-order valence-electron chi connectivity index (χ3n) is 3.72. The molecule has 0 amide bonds. The van der Waals surface area contributed by atoms with E-state index in [2.05, 4.69) is 32.7 Å². The second kappa shape index (κ2) is 10.2. The molecule has 24 heavy (non-hydrogen) atoms. The van der Waals surface area contributed by atoms with E-state index < -0.39 is 9.84 Å². The van der Waals surface area contributed by atoms with Crippen LogP contribution >= 0.6 is 24.0 Å². The Bertz CT molecular complexity index is 631. The van der Waals surface area contributed by atoms with Gasteiger partial charge in [0.2, 0.25) is 0 Å². The van der Waals surface area contributed by atoms with Gasteiger partial charge in [0.05, 0.1) is 11.5 Å². The average Bonchev–Trinajstić information content (AvgIpc) is 3.10. The second-order valence-electron chi connectivity index (χ2n) is 5.70. The van der Waals surface area contributed by atoms with Gasteiger partial charge in [0.15, 0.2) is 15.8 Å². The molecular weight excluding hydrogens is 443 g/mol. The minimum atomic E-state index is -2.89. The highest BCUT2D eigenvalue weighted by molar-refractivity contribution is 14.0. The number of hydrogen-bond acceptors (Lipinski definition) is 5. The van der Waals surface area contributed by atoms with E-state index in [1.165, 1.54) is 0 Å². The van der Waals surface area contributed by atoms with Gasteiger partial charge in [0.25, 0.3) is 0 Å². The summed E-state index contributed by atoms with van der Waals surface area (Å²) >= 11 is 0. The first-order valence-electron chi connectivity index (χ1n) is 8.16. The van der Waals surface area contributed by atoms with Crippen LogP contribution in [0.15, 0.2) is 11.3 Å². The fourth-order valence-electron chi connectivity index (χ4n) is 2.51. The van der Waals surface area contributed by atoms with Crippen LogP contribution in [-0.2, 0) is 22.8 Å². The summed E-state index contributed by atoms with van der Waals surface area (Å²) < 4.78 is 25.1. The van der Waals surface area contributed by atoms with Gasteiger partial charge >= 0.3 is 0 Å². The van der Waals surface area contributed by atoms with Crippen molar-refractivity contribution < 1.29 is 8.42 Å². The molecule has 2 N–H and O–H groups in total. The van der Waals surface area contributed by atoms with E-state index in [0.29, 0.717) is 25.5 Å². The average molecular weight is 470 g/mol. The van der Waals surface area contributed by atoms with E-state index in [1.807, 2.05) is 11.5 Å². The van der Waals surface area contributed by atoms with Crippen LogP contribution < -0.4 is 10.6 Å². The minimum absolute atomic E-state index is 0. The molecule has 2 heterocycles. The van der Waals surface area contributed by atoms with Gasteiger partial charge in [-0.1, -0.05) is 13.8 Å². The number of aromatic nitrogens is 3. The van der Waals surface area contributed by atoms with Gasteiger partial charge in [-0.25, -0.2) is 8.42 Å². The zero-order valence-electron chi connectivity index (χ0n) is 14.2. The van der Waals surface area contributed by atoms with Crippen LogP contribution in [0.5, 0.6) is 0 Å². The molecule has 1 saturated heterocycles. The maximum atomic E-state index is 11.6. The maximum absolute atomic E-state index is 11.6. The van der Waals surface area contributed by atoms with Gasteiger partial charge in [-0.05, 0) is 12.8 Å². The van der Waals surface area contributed by atoms with Crippen molar-refractivity contribution in [3.8, 4) is 0 Å². The predicted molar refractivity (Wildman–Crippen MR) is 106 cm³/mol. The van der Waals surface area contributed by atoms with E-state index in [1.54, 1.807) is 6.33 Å². The smallest absolute Gasteiger partial charge is 0.191 e. The molecule has 0 bridgehead atoms. The third kappa shape index (κ3) is 6.54. The minimum Gasteiger partial charge on any atom is -0.355 e. The second-order valence-corrected chi connectivity index (χ2v) is 7.92. The molecule has 1 fully saturated rings. The molecule has 0 saturated carbocycles. The summed E-state index contributed by atoms with van der Waals surface area (Å²) in [7, 11) is -2.89. The Morgan fingerprint density at radius 3 is 2.88 bits per heavy atom. The van der Waals surface area contributed by atoms with Crippen molar-refractivity contribution in [3.63, 3.8) is 0 Å². The van der Waals surface area contributed by atoms with Crippen molar-refractivity contribution in [2.75, 3.05) is 24.6 Å². The van der Waals surface area contributed by atoms with Crippen molar-refractivity contribution >= 4 is 39.8 Å². The molecule has 10 heteroatoms. The fourth-order valence-corrected chi connectivity index (χ4v) is 4.19. The van der Waals surface area contributed by atoms with Crippen molar-refractivity contribution in [1.82, 2.24) is 25.4 Å². The molecule has 8 nitrogen and oxygen atoms in total. The highest BCUT2D eigenvalue weighted by Gasteiger charge is 2.28. The number of guanidine groups is 1. The number of nitrogens with zero attached hydrogens (tertiary/aromatic N) is 4. The Morgan fingerprint density at radius 2 is 2.25 bits per heavy atom. The van der Waals surface area contributed by atoms with Crippen molar-refractivity contribution in [2.45, 2.75) is 45.7 Å². The first-order chi connectivity index (χ1) is 11.0. The number of hydrogen-bond donors (Lipinski definition) is 2. The van der Waals surface area contributed by atoms with Gasteiger partial charge in [0, 0.05) is 32.1 Å². The number of aryl methyl sites for hydroxylation is 1. The molecule has 0 spiro atoms. The topological polar surface area (TPSA) is 101 Å². The summed E-state index contributed by atoms with van der Waals surface area (Å²) in [6.45, 7) is 6.24. The Labute approximate surface area is 160 Å². The summed E-state index contributed by atoms with van der Waals surface area (Å²) in [6, 6.07) is -0.0516. The quantitative estimate of drug-likeness (QED) is 0.344. The van der Waals surface area contributed by atoms with E-state index >= 15 is 0 Å². The normalized spacial score (nSPS) is 19.8. The van der Waals surface area contributed by atoms with E-state index in [4.69, 9.17) is 0 Å². The molecule has 2 rings (SSSR count). The Morgan fingerprint density at radius 1 is 1.46 bits per heavy atom. The van der Waals surface area contributed by atoms with Crippen LogP contribution in [0.2, 0.25) is 0 Å². The van der Waals surface area contributed by atoms with E-state index in [-0.39, 0.29) is 41.5 Å². The molecule has 1 atom stereocenters. The largest absolute Gasteiger partial charge is 0.355 e. The summed E-state index contributed by atoms with van der Waals surface area (Å²) in [5, 5.41) is 14.5. The Balaban J connectivity index is 0.00000288. The summed E-state index contributed by atoms with van der Waals surface area (Å²) in [6.07, 6.45) is 4.15. The van der Waals surface area contributed by atoms with Crippen molar-refractivity contribution in [3.05, 3.63) is 12.2 Å². The highest BCUT2D eigenvalue weighted by atomic mass is 127. The maximum Gasteiger partial charge on any atom is 0.191 e. The predicted octanol–water partition coefficient (Wildman–Crippen LogP) is 0.591. The fraction of sp³-hybridized carbons (Fsp3) is 0.786. The van der Waals surface area contributed by atoms with Crippen LogP contribution in [0, 0.1) is 0 Å².